The third kappa shape index (κ3) is 2.80. The highest BCUT2D eigenvalue weighted by atomic mass is 79.9. The molecule has 1 fully saturated rings. The lowest BCUT2D eigenvalue weighted by atomic mass is 10.2. The molecule has 1 aliphatic rings. The van der Waals surface area contributed by atoms with E-state index in [1.165, 1.54) is 30.6 Å². The Morgan fingerprint density at radius 2 is 2.06 bits per heavy atom. The van der Waals surface area contributed by atoms with Gasteiger partial charge in [0.2, 0.25) is 0 Å². The van der Waals surface area contributed by atoms with Gasteiger partial charge in [0.05, 0.1) is 0 Å². The molecule has 0 radical (unpaired) electrons. The van der Waals surface area contributed by atoms with Crippen LogP contribution >= 0.6 is 27.7 Å². The minimum absolute atomic E-state index is 0.123. The van der Waals surface area contributed by atoms with Gasteiger partial charge in [-0.1, -0.05) is 18.9 Å². The maximum Gasteiger partial charge on any atom is 0.122 e. The summed E-state index contributed by atoms with van der Waals surface area (Å²) in [6.07, 6.45) is 5.37. The van der Waals surface area contributed by atoms with Crippen molar-refractivity contribution in [1.82, 2.24) is 0 Å². The van der Waals surface area contributed by atoms with Gasteiger partial charge in [-0.3, -0.25) is 5.41 Å². The molecular formula is C12H15BrN2S. The number of rotatable bonds is 3. The topological polar surface area (TPSA) is 49.9 Å². The molecule has 1 aliphatic carbocycles. The van der Waals surface area contributed by atoms with E-state index < -0.39 is 0 Å². The standard InChI is InChI=1S/C12H15BrN2S/c13-10-7-8(12(14)15)5-6-11(10)16-9-3-1-2-4-9/h5-7,9H,1-4H2,(H3,14,15). The third-order valence-electron chi connectivity index (χ3n) is 2.84. The fourth-order valence-electron chi connectivity index (χ4n) is 1.95. The van der Waals surface area contributed by atoms with Gasteiger partial charge in [-0.2, -0.15) is 0 Å². The second-order valence-electron chi connectivity index (χ2n) is 4.08. The maximum absolute atomic E-state index is 7.38. The molecule has 1 aromatic rings. The first-order chi connectivity index (χ1) is 7.66. The van der Waals surface area contributed by atoms with Crippen LogP contribution in [0.1, 0.15) is 31.2 Å². The molecule has 0 saturated heterocycles. The van der Waals surface area contributed by atoms with E-state index in [0.717, 1.165) is 15.3 Å². The molecule has 86 valence electrons. The first-order valence-corrected chi connectivity index (χ1v) is 7.14. The molecule has 0 unspecified atom stereocenters. The Bertz CT molecular complexity index is 400. The van der Waals surface area contributed by atoms with Crippen molar-refractivity contribution in [3.63, 3.8) is 0 Å². The van der Waals surface area contributed by atoms with Crippen LogP contribution < -0.4 is 5.73 Å². The van der Waals surface area contributed by atoms with Gasteiger partial charge in [0, 0.05) is 20.2 Å². The normalized spacial score (nSPS) is 16.6. The van der Waals surface area contributed by atoms with E-state index in [9.17, 15) is 0 Å². The van der Waals surface area contributed by atoms with E-state index in [1.807, 2.05) is 23.9 Å². The van der Waals surface area contributed by atoms with Gasteiger partial charge in [-0.25, -0.2) is 0 Å². The molecule has 0 spiro atoms. The van der Waals surface area contributed by atoms with Gasteiger partial charge in [-0.15, -0.1) is 11.8 Å². The molecule has 16 heavy (non-hydrogen) atoms. The molecular weight excluding hydrogens is 284 g/mol. The highest BCUT2D eigenvalue weighted by Crippen LogP contribution is 2.38. The molecule has 0 aromatic heterocycles. The van der Waals surface area contributed by atoms with Crippen LogP contribution in [0.4, 0.5) is 0 Å². The monoisotopic (exact) mass is 298 g/mol. The summed E-state index contributed by atoms with van der Waals surface area (Å²) < 4.78 is 1.05. The summed E-state index contributed by atoms with van der Waals surface area (Å²) in [5, 5.41) is 8.14. The molecule has 0 amide bonds. The van der Waals surface area contributed by atoms with E-state index in [1.54, 1.807) is 0 Å². The van der Waals surface area contributed by atoms with Crippen molar-refractivity contribution in [1.29, 1.82) is 5.41 Å². The Kier molecular flexibility index (Phi) is 3.92. The SMILES string of the molecule is N=C(N)c1ccc(SC2CCCC2)c(Br)c1. The van der Waals surface area contributed by atoms with Crippen LogP contribution in [-0.4, -0.2) is 11.1 Å². The van der Waals surface area contributed by atoms with E-state index in [4.69, 9.17) is 11.1 Å². The minimum atomic E-state index is 0.123. The molecule has 1 aromatic carbocycles. The molecule has 0 atom stereocenters. The molecule has 2 rings (SSSR count). The number of benzene rings is 1. The summed E-state index contributed by atoms with van der Waals surface area (Å²) in [5.41, 5.74) is 6.23. The average molecular weight is 299 g/mol. The average Bonchev–Trinajstić information content (AvgIpc) is 2.73. The fourth-order valence-corrected chi connectivity index (χ4v) is 3.86. The fraction of sp³-hybridized carbons (Fsp3) is 0.417. The van der Waals surface area contributed by atoms with Gasteiger partial charge in [0.1, 0.15) is 5.84 Å². The summed E-state index contributed by atoms with van der Waals surface area (Å²) in [4.78, 5) is 1.26. The molecule has 4 heteroatoms. The summed E-state index contributed by atoms with van der Waals surface area (Å²) in [7, 11) is 0. The van der Waals surface area contributed by atoms with Crippen molar-refractivity contribution in [2.24, 2.45) is 5.73 Å². The van der Waals surface area contributed by atoms with Crippen molar-refractivity contribution in [2.75, 3.05) is 0 Å². The van der Waals surface area contributed by atoms with E-state index in [-0.39, 0.29) is 5.84 Å². The van der Waals surface area contributed by atoms with Gasteiger partial charge in [0.25, 0.3) is 0 Å². The number of hydrogen-bond acceptors (Lipinski definition) is 2. The Morgan fingerprint density at radius 3 is 2.62 bits per heavy atom. The van der Waals surface area contributed by atoms with Crippen molar-refractivity contribution in [2.45, 2.75) is 35.8 Å². The number of nitrogens with one attached hydrogen (secondary N) is 1. The van der Waals surface area contributed by atoms with Gasteiger partial charge in [0.15, 0.2) is 0 Å². The van der Waals surface area contributed by atoms with Crippen molar-refractivity contribution in [3.8, 4) is 0 Å². The van der Waals surface area contributed by atoms with Gasteiger partial charge in [-0.05, 0) is 40.9 Å². The number of thioether (sulfide) groups is 1. The minimum Gasteiger partial charge on any atom is -0.384 e. The zero-order chi connectivity index (χ0) is 11.5. The van der Waals surface area contributed by atoms with Crippen LogP contribution in [0.25, 0.3) is 0 Å². The van der Waals surface area contributed by atoms with E-state index in [2.05, 4.69) is 22.0 Å². The van der Waals surface area contributed by atoms with Gasteiger partial charge < -0.3 is 5.73 Å². The number of halogens is 1. The molecule has 0 aliphatic heterocycles. The number of nitrogen functional groups attached to an aromatic ring is 1. The van der Waals surface area contributed by atoms with Crippen LogP contribution in [0.5, 0.6) is 0 Å². The predicted molar refractivity (Wildman–Crippen MR) is 73.3 cm³/mol. The zero-order valence-electron chi connectivity index (χ0n) is 9.00. The van der Waals surface area contributed by atoms with Crippen molar-refractivity contribution < 1.29 is 0 Å². The molecule has 3 N–H and O–H groups in total. The Balaban J connectivity index is 2.12. The first-order valence-electron chi connectivity index (χ1n) is 5.47. The first kappa shape index (κ1) is 12.0. The summed E-state index contributed by atoms with van der Waals surface area (Å²) in [5.74, 6) is 0.123. The smallest absolute Gasteiger partial charge is 0.122 e. The van der Waals surface area contributed by atoms with Crippen LogP contribution in [0.15, 0.2) is 27.6 Å². The molecule has 0 bridgehead atoms. The number of hydrogen-bond donors (Lipinski definition) is 2. The van der Waals surface area contributed by atoms with Crippen LogP contribution in [0.3, 0.4) is 0 Å². The lowest BCUT2D eigenvalue weighted by Crippen LogP contribution is -2.10. The number of amidine groups is 1. The van der Waals surface area contributed by atoms with E-state index in [0.29, 0.717) is 0 Å². The second-order valence-corrected chi connectivity index (χ2v) is 6.28. The van der Waals surface area contributed by atoms with E-state index >= 15 is 0 Å². The van der Waals surface area contributed by atoms with Crippen molar-refractivity contribution >= 4 is 33.5 Å². The van der Waals surface area contributed by atoms with Crippen LogP contribution in [-0.2, 0) is 0 Å². The summed E-state index contributed by atoms with van der Waals surface area (Å²) in [6, 6.07) is 5.91. The molecule has 1 saturated carbocycles. The lowest BCUT2D eigenvalue weighted by Gasteiger charge is -2.11. The van der Waals surface area contributed by atoms with Crippen LogP contribution in [0.2, 0.25) is 0 Å². The molecule has 2 nitrogen and oxygen atoms in total. The Morgan fingerprint density at radius 1 is 1.38 bits per heavy atom. The maximum atomic E-state index is 7.38. The summed E-state index contributed by atoms with van der Waals surface area (Å²) >= 11 is 5.49. The highest BCUT2D eigenvalue weighted by molar-refractivity contribution is 9.10. The Labute approximate surface area is 109 Å². The molecule has 0 heterocycles. The van der Waals surface area contributed by atoms with Gasteiger partial charge >= 0.3 is 0 Å². The number of nitrogens with two attached hydrogens (primary N) is 1. The van der Waals surface area contributed by atoms with Crippen LogP contribution in [0, 0.1) is 5.41 Å². The Hall–Kier alpha value is -0.480. The van der Waals surface area contributed by atoms with Crippen molar-refractivity contribution in [3.05, 3.63) is 28.2 Å². The third-order valence-corrected chi connectivity index (χ3v) is 5.17. The predicted octanol–water partition coefficient (Wildman–Crippen LogP) is 3.77. The highest BCUT2D eigenvalue weighted by Gasteiger charge is 2.17. The zero-order valence-corrected chi connectivity index (χ0v) is 11.4. The summed E-state index contributed by atoms with van der Waals surface area (Å²) in [6.45, 7) is 0. The lowest BCUT2D eigenvalue weighted by molar-refractivity contribution is 0.886. The largest absolute Gasteiger partial charge is 0.384 e. The quantitative estimate of drug-likeness (QED) is 0.659. The second kappa shape index (κ2) is 5.23.